The van der Waals surface area contributed by atoms with Crippen LogP contribution in [-0.2, 0) is 4.79 Å². The van der Waals surface area contributed by atoms with Gasteiger partial charge in [0.1, 0.15) is 5.54 Å². The van der Waals surface area contributed by atoms with Crippen LogP contribution in [0.4, 0.5) is 10.5 Å². The van der Waals surface area contributed by atoms with Crippen LogP contribution in [-0.4, -0.2) is 34.1 Å². The van der Waals surface area contributed by atoms with E-state index in [1.54, 1.807) is 31.2 Å². The van der Waals surface area contributed by atoms with Crippen LogP contribution in [0.2, 0.25) is 5.02 Å². The number of aliphatic carboxylic acids is 1. The average Bonchev–Trinajstić information content (AvgIpc) is 2.86. The van der Waals surface area contributed by atoms with Crippen LogP contribution in [0, 0.1) is 0 Å². The van der Waals surface area contributed by atoms with Crippen LogP contribution in [0.25, 0.3) is 0 Å². The third-order valence-corrected chi connectivity index (χ3v) is 4.06. The molecule has 108 valence electrons. The predicted octanol–water partition coefficient (Wildman–Crippen LogP) is 3.20. The molecule has 1 saturated heterocycles. The van der Waals surface area contributed by atoms with Crippen molar-refractivity contribution in [3.63, 3.8) is 0 Å². The first kappa shape index (κ1) is 14.7. The minimum absolute atomic E-state index is 0.380. The normalized spacial score (nSPS) is 21.8. The van der Waals surface area contributed by atoms with Crippen molar-refractivity contribution >= 4 is 29.3 Å². The number of rotatable bonds is 3. The molecule has 5 nitrogen and oxygen atoms in total. The number of hydrogen-bond donors (Lipinski definition) is 2. The van der Waals surface area contributed by atoms with Crippen LogP contribution in [0.15, 0.2) is 24.3 Å². The lowest BCUT2D eigenvalue weighted by molar-refractivity contribution is -0.148. The molecule has 1 fully saturated rings. The highest BCUT2D eigenvalue weighted by Gasteiger charge is 2.48. The highest BCUT2D eigenvalue weighted by Crippen LogP contribution is 2.33. The molecule has 2 amide bonds. The Balaban J connectivity index is 2.15. The number of carboxylic acid groups (broad SMARTS) is 1. The number of carboxylic acids is 1. The fourth-order valence-electron chi connectivity index (χ4n) is 2.64. The molecular formula is C14H17ClN2O3. The molecule has 0 bridgehead atoms. The van der Waals surface area contributed by atoms with E-state index in [1.165, 1.54) is 4.90 Å². The van der Waals surface area contributed by atoms with E-state index >= 15 is 0 Å². The van der Waals surface area contributed by atoms with E-state index in [1.807, 2.05) is 0 Å². The van der Waals surface area contributed by atoms with Gasteiger partial charge in [-0.2, -0.15) is 0 Å². The molecule has 2 rings (SSSR count). The van der Waals surface area contributed by atoms with Crippen molar-refractivity contribution in [3.8, 4) is 0 Å². The summed E-state index contributed by atoms with van der Waals surface area (Å²) in [5.41, 5.74) is -0.488. The summed E-state index contributed by atoms with van der Waals surface area (Å²) < 4.78 is 0. The molecular weight excluding hydrogens is 280 g/mol. The SMILES string of the molecule is CCC1(C(=O)O)CCCN1C(=O)Nc1ccc(Cl)cc1. The molecule has 1 aliphatic heterocycles. The largest absolute Gasteiger partial charge is 0.479 e. The standard InChI is InChI=1S/C14H17ClN2O3/c1-2-14(12(18)19)8-3-9-17(14)13(20)16-11-6-4-10(15)5-7-11/h4-7H,2-3,8-9H2,1H3,(H,16,20)(H,18,19). The van der Waals surface area contributed by atoms with Crippen LogP contribution >= 0.6 is 11.6 Å². The molecule has 1 aliphatic rings. The number of urea groups is 1. The second kappa shape index (κ2) is 5.71. The summed E-state index contributed by atoms with van der Waals surface area (Å²) in [6.45, 7) is 2.25. The Kier molecular flexibility index (Phi) is 4.18. The molecule has 2 N–H and O–H groups in total. The zero-order valence-corrected chi connectivity index (χ0v) is 12.0. The van der Waals surface area contributed by atoms with Gasteiger partial charge < -0.3 is 15.3 Å². The lowest BCUT2D eigenvalue weighted by atomic mass is 9.93. The minimum Gasteiger partial charge on any atom is -0.479 e. The van der Waals surface area contributed by atoms with Crippen LogP contribution in [0.3, 0.4) is 0 Å². The molecule has 0 aromatic heterocycles. The van der Waals surface area contributed by atoms with Gasteiger partial charge in [0.2, 0.25) is 0 Å². The van der Waals surface area contributed by atoms with Crippen molar-refractivity contribution in [2.75, 3.05) is 11.9 Å². The van der Waals surface area contributed by atoms with Crippen molar-refractivity contribution in [1.82, 2.24) is 4.90 Å². The van der Waals surface area contributed by atoms with Crippen LogP contribution in [0.1, 0.15) is 26.2 Å². The molecule has 6 heteroatoms. The molecule has 0 aliphatic carbocycles. The predicted molar refractivity (Wildman–Crippen MR) is 77.1 cm³/mol. The van der Waals surface area contributed by atoms with Crippen molar-refractivity contribution in [3.05, 3.63) is 29.3 Å². The second-order valence-electron chi connectivity index (χ2n) is 4.88. The average molecular weight is 297 g/mol. The van der Waals surface area contributed by atoms with Crippen molar-refractivity contribution in [1.29, 1.82) is 0 Å². The van der Waals surface area contributed by atoms with Gasteiger partial charge in [0, 0.05) is 17.3 Å². The number of likely N-dealkylation sites (tertiary alicyclic amines) is 1. The molecule has 20 heavy (non-hydrogen) atoms. The van der Waals surface area contributed by atoms with Crippen LogP contribution < -0.4 is 5.32 Å². The van der Waals surface area contributed by atoms with Gasteiger partial charge in [-0.1, -0.05) is 18.5 Å². The number of amides is 2. The van der Waals surface area contributed by atoms with E-state index in [0.717, 1.165) is 0 Å². The Labute approximate surface area is 122 Å². The van der Waals surface area contributed by atoms with E-state index in [0.29, 0.717) is 36.5 Å². The van der Waals surface area contributed by atoms with Gasteiger partial charge in [0.05, 0.1) is 0 Å². The third kappa shape index (κ3) is 2.58. The van der Waals surface area contributed by atoms with E-state index in [9.17, 15) is 14.7 Å². The lowest BCUT2D eigenvalue weighted by Gasteiger charge is -2.33. The van der Waals surface area contributed by atoms with Crippen LogP contribution in [0.5, 0.6) is 0 Å². The molecule has 0 radical (unpaired) electrons. The van der Waals surface area contributed by atoms with Crippen molar-refractivity contribution in [2.45, 2.75) is 31.7 Å². The first-order valence-electron chi connectivity index (χ1n) is 6.57. The zero-order chi connectivity index (χ0) is 14.8. The van der Waals surface area contributed by atoms with Gasteiger partial charge in [-0.3, -0.25) is 0 Å². The van der Waals surface area contributed by atoms with Gasteiger partial charge in [-0.05, 0) is 43.5 Å². The number of benzene rings is 1. The minimum atomic E-state index is -1.09. The first-order valence-corrected chi connectivity index (χ1v) is 6.95. The molecule has 1 heterocycles. The molecule has 1 atom stereocenters. The number of carbonyl (C=O) groups is 2. The van der Waals surface area contributed by atoms with Gasteiger partial charge in [0.25, 0.3) is 0 Å². The van der Waals surface area contributed by atoms with Gasteiger partial charge in [0.15, 0.2) is 0 Å². The first-order chi connectivity index (χ1) is 9.49. The Bertz CT molecular complexity index is 518. The molecule has 1 aromatic rings. The number of anilines is 1. The van der Waals surface area contributed by atoms with E-state index < -0.39 is 11.5 Å². The summed E-state index contributed by atoms with van der Waals surface area (Å²) in [5, 5.41) is 12.7. The summed E-state index contributed by atoms with van der Waals surface area (Å²) in [6, 6.07) is 6.33. The van der Waals surface area contributed by atoms with Gasteiger partial charge in [-0.25, -0.2) is 9.59 Å². The van der Waals surface area contributed by atoms with Crippen molar-refractivity contribution in [2.24, 2.45) is 0 Å². The van der Waals surface area contributed by atoms with E-state index in [2.05, 4.69) is 5.32 Å². The summed E-state index contributed by atoms with van der Waals surface area (Å²) in [4.78, 5) is 25.2. The molecule has 1 aromatic carbocycles. The lowest BCUT2D eigenvalue weighted by Crippen LogP contribution is -2.54. The second-order valence-corrected chi connectivity index (χ2v) is 5.32. The number of halogens is 1. The fraction of sp³-hybridized carbons (Fsp3) is 0.429. The summed E-state index contributed by atoms with van der Waals surface area (Å²) in [5.74, 6) is -0.941. The summed E-state index contributed by atoms with van der Waals surface area (Å²) in [7, 11) is 0. The molecule has 0 saturated carbocycles. The van der Waals surface area contributed by atoms with E-state index in [-0.39, 0.29) is 6.03 Å². The smallest absolute Gasteiger partial charge is 0.329 e. The maximum absolute atomic E-state index is 12.3. The number of carbonyl (C=O) groups excluding carboxylic acids is 1. The fourth-order valence-corrected chi connectivity index (χ4v) is 2.77. The Hall–Kier alpha value is -1.75. The maximum Gasteiger partial charge on any atom is 0.329 e. The third-order valence-electron chi connectivity index (χ3n) is 3.81. The number of nitrogens with zero attached hydrogens (tertiary/aromatic N) is 1. The monoisotopic (exact) mass is 296 g/mol. The van der Waals surface area contributed by atoms with Gasteiger partial charge in [-0.15, -0.1) is 0 Å². The number of hydrogen-bond acceptors (Lipinski definition) is 2. The summed E-state index contributed by atoms with van der Waals surface area (Å²) in [6.07, 6.45) is 1.59. The highest BCUT2D eigenvalue weighted by atomic mass is 35.5. The Morgan fingerprint density at radius 3 is 2.60 bits per heavy atom. The Morgan fingerprint density at radius 1 is 1.40 bits per heavy atom. The van der Waals surface area contributed by atoms with Gasteiger partial charge >= 0.3 is 12.0 Å². The zero-order valence-electron chi connectivity index (χ0n) is 11.2. The number of nitrogens with one attached hydrogen (secondary N) is 1. The molecule has 1 unspecified atom stereocenters. The maximum atomic E-state index is 12.3. The highest BCUT2D eigenvalue weighted by molar-refractivity contribution is 6.30. The Morgan fingerprint density at radius 2 is 2.05 bits per heavy atom. The molecule has 0 spiro atoms. The topological polar surface area (TPSA) is 69.6 Å². The van der Waals surface area contributed by atoms with Crippen molar-refractivity contribution < 1.29 is 14.7 Å². The quantitative estimate of drug-likeness (QED) is 0.900. The van der Waals surface area contributed by atoms with E-state index in [4.69, 9.17) is 11.6 Å². The summed E-state index contributed by atoms with van der Waals surface area (Å²) >= 11 is 5.78.